The number of amides is 2. The fraction of sp³-hybridized carbons (Fsp3) is 0.286. The molecule has 0 fully saturated rings. The average Bonchev–Trinajstić information content (AvgIpc) is 2.91. The van der Waals surface area contributed by atoms with Crippen LogP contribution in [0.25, 0.3) is 0 Å². The summed E-state index contributed by atoms with van der Waals surface area (Å²) in [7, 11) is -4.29. The third-order valence-corrected chi connectivity index (χ3v) is 7.73. The summed E-state index contributed by atoms with van der Waals surface area (Å²) in [6, 6.07) is 21.7. The Morgan fingerprint density at radius 1 is 0.892 bits per heavy atom. The van der Waals surface area contributed by atoms with E-state index in [0.717, 1.165) is 15.9 Å². The fourth-order valence-corrected chi connectivity index (χ4v) is 5.52. The normalized spacial score (nSPS) is 12.0. The van der Waals surface area contributed by atoms with Crippen LogP contribution in [-0.4, -0.2) is 50.8 Å². The van der Waals surface area contributed by atoms with Crippen molar-refractivity contribution < 1.29 is 22.4 Å². The first kappa shape index (κ1) is 27.9. The van der Waals surface area contributed by atoms with Crippen LogP contribution in [0.3, 0.4) is 0 Å². The SMILES string of the molecule is CCNC(=O)C(CC)N(CCc1ccccc1)C(=O)CN(c1ccccc1F)S(=O)(=O)c1ccccc1. The summed E-state index contributed by atoms with van der Waals surface area (Å²) in [5.41, 5.74) is 0.725. The first-order valence-electron chi connectivity index (χ1n) is 12.2. The standard InChI is InChI=1S/C28H32FN3O4S/c1-3-25(28(34)30-4-2)31(20-19-22-13-7-5-8-14-22)27(33)21-32(26-18-12-11-17-24(26)29)37(35,36)23-15-9-6-10-16-23/h5-18,25H,3-4,19-21H2,1-2H3,(H,30,34). The highest BCUT2D eigenvalue weighted by atomic mass is 32.2. The Bertz CT molecular complexity index is 1290. The molecule has 0 aliphatic heterocycles. The molecule has 2 amide bonds. The van der Waals surface area contributed by atoms with Crippen LogP contribution in [0.5, 0.6) is 0 Å². The minimum atomic E-state index is -4.29. The molecule has 7 nitrogen and oxygen atoms in total. The first-order chi connectivity index (χ1) is 17.8. The highest BCUT2D eigenvalue weighted by molar-refractivity contribution is 7.92. The molecule has 1 atom stereocenters. The van der Waals surface area contributed by atoms with Crippen LogP contribution in [0, 0.1) is 5.82 Å². The number of rotatable bonds is 12. The van der Waals surface area contributed by atoms with Crippen LogP contribution < -0.4 is 9.62 Å². The number of nitrogens with one attached hydrogen (secondary N) is 1. The minimum absolute atomic E-state index is 0.0716. The lowest BCUT2D eigenvalue weighted by molar-refractivity contribution is -0.139. The van der Waals surface area contributed by atoms with E-state index in [0.29, 0.717) is 19.4 Å². The number of nitrogens with zero attached hydrogens (tertiary/aromatic N) is 2. The summed E-state index contributed by atoms with van der Waals surface area (Å²) < 4.78 is 42.9. The molecular weight excluding hydrogens is 493 g/mol. The Morgan fingerprint density at radius 3 is 2.08 bits per heavy atom. The van der Waals surface area contributed by atoms with Gasteiger partial charge >= 0.3 is 0 Å². The smallest absolute Gasteiger partial charge is 0.264 e. The largest absolute Gasteiger partial charge is 0.355 e. The number of hydrogen-bond donors (Lipinski definition) is 1. The van der Waals surface area contributed by atoms with Gasteiger partial charge in [-0.05, 0) is 49.6 Å². The lowest BCUT2D eigenvalue weighted by Gasteiger charge is -2.33. The van der Waals surface area contributed by atoms with Gasteiger partial charge in [-0.15, -0.1) is 0 Å². The fourth-order valence-electron chi connectivity index (χ4n) is 4.07. The number of carbonyl (C=O) groups excluding carboxylic acids is 2. The van der Waals surface area contributed by atoms with E-state index >= 15 is 0 Å². The second-order valence-corrected chi connectivity index (χ2v) is 10.3. The summed E-state index contributed by atoms with van der Waals surface area (Å²) in [5, 5.41) is 2.76. The number of benzene rings is 3. The van der Waals surface area contributed by atoms with Crippen molar-refractivity contribution in [1.29, 1.82) is 0 Å². The Morgan fingerprint density at radius 2 is 1.49 bits per heavy atom. The van der Waals surface area contributed by atoms with Gasteiger partial charge < -0.3 is 10.2 Å². The van der Waals surface area contributed by atoms with Crippen molar-refractivity contribution in [3.05, 3.63) is 96.3 Å². The molecule has 0 heterocycles. The Balaban J connectivity index is 2.00. The molecule has 0 bridgehead atoms. The van der Waals surface area contributed by atoms with Gasteiger partial charge in [0, 0.05) is 13.1 Å². The molecule has 3 rings (SSSR count). The van der Waals surface area contributed by atoms with E-state index in [1.165, 1.54) is 35.2 Å². The Kier molecular flexibility index (Phi) is 9.79. The molecule has 0 aliphatic carbocycles. The maximum Gasteiger partial charge on any atom is 0.264 e. The minimum Gasteiger partial charge on any atom is -0.355 e. The van der Waals surface area contributed by atoms with Crippen molar-refractivity contribution in [1.82, 2.24) is 10.2 Å². The lowest BCUT2D eigenvalue weighted by atomic mass is 10.1. The van der Waals surface area contributed by atoms with Crippen molar-refractivity contribution in [3.63, 3.8) is 0 Å². The number of sulfonamides is 1. The summed E-state index contributed by atoms with van der Waals surface area (Å²) in [5.74, 6) is -1.70. The number of hydrogen-bond acceptors (Lipinski definition) is 4. The zero-order valence-electron chi connectivity index (χ0n) is 21.0. The molecule has 0 radical (unpaired) electrons. The van der Waals surface area contributed by atoms with Gasteiger partial charge in [-0.2, -0.15) is 0 Å². The van der Waals surface area contributed by atoms with Crippen molar-refractivity contribution in [2.24, 2.45) is 0 Å². The van der Waals surface area contributed by atoms with E-state index in [4.69, 9.17) is 0 Å². The summed E-state index contributed by atoms with van der Waals surface area (Å²) in [6.45, 7) is 3.49. The second kappa shape index (κ2) is 13.0. The molecule has 3 aromatic carbocycles. The summed E-state index contributed by atoms with van der Waals surface area (Å²) in [4.78, 5) is 28.0. The number of anilines is 1. The van der Waals surface area contributed by atoms with Crippen LogP contribution in [0.15, 0.2) is 89.8 Å². The quantitative estimate of drug-likeness (QED) is 0.387. The summed E-state index contributed by atoms with van der Waals surface area (Å²) in [6.07, 6.45) is 0.797. The second-order valence-electron chi connectivity index (χ2n) is 8.42. The molecule has 0 saturated heterocycles. The van der Waals surface area contributed by atoms with Gasteiger partial charge in [-0.1, -0.05) is 67.6 Å². The van der Waals surface area contributed by atoms with Gasteiger partial charge in [0.1, 0.15) is 18.4 Å². The van der Waals surface area contributed by atoms with Gasteiger partial charge in [0.25, 0.3) is 10.0 Å². The number of carbonyl (C=O) groups is 2. The van der Waals surface area contributed by atoms with Crippen LogP contribution in [0.4, 0.5) is 10.1 Å². The van der Waals surface area contributed by atoms with Crippen molar-refractivity contribution in [2.45, 2.75) is 37.6 Å². The molecular formula is C28H32FN3O4S. The zero-order valence-corrected chi connectivity index (χ0v) is 21.8. The lowest BCUT2D eigenvalue weighted by Crippen LogP contribution is -2.53. The maximum atomic E-state index is 14.9. The monoisotopic (exact) mass is 525 g/mol. The topological polar surface area (TPSA) is 86.8 Å². The van der Waals surface area contributed by atoms with E-state index in [1.807, 2.05) is 30.3 Å². The van der Waals surface area contributed by atoms with E-state index in [9.17, 15) is 22.4 Å². The molecule has 196 valence electrons. The zero-order chi connectivity index (χ0) is 26.8. The van der Waals surface area contributed by atoms with E-state index in [1.54, 1.807) is 32.0 Å². The van der Waals surface area contributed by atoms with Gasteiger partial charge in [0.05, 0.1) is 10.6 Å². The number of likely N-dealkylation sites (N-methyl/N-ethyl adjacent to an activating group) is 1. The molecule has 0 saturated carbocycles. The molecule has 3 aromatic rings. The van der Waals surface area contributed by atoms with E-state index in [-0.39, 0.29) is 23.0 Å². The van der Waals surface area contributed by atoms with Gasteiger partial charge in [-0.25, -0.2) is 12.8 Å². The number of halogens is 1. The van der Waals surface area contributed by atoms with Crippen molar-refractivity contribution in [3.8, 4) is 0 Å². The Hall–Kier alpha value is -3.72. The van der Waals surface area contributed by atoms with E-state index in [2.05, 4.69) is 5.32 Å². The molecule has 1 unspecified atom stereocenters. The highest BCUT2D eigenvalue weighted by Crippen LogP contribution is 2.26. The van der Waals surface area contributed by atoms with E-state index < -0.39 is 34.3 Å². The molecule has 0 spiro atoms. The molecule has 0 aliphatic rings. The first-order valence-corrected chi connectivity index (χ1v) is 13.7. The number of para-hydroxylation sites is 1. The molecule has 1 N–H and O–H groups in total. The summed E-state index contributed by atoms with van der Waals surface area (Å²) >= 11 is 0. The molecule has 37 heavy (non-hydrogen) atoms. The third kappa shape index (κ3) is 6.95. The van der Waals surface area contributed by atoms with Crippen LogP contribution in [-0.2, 0) is 26.0 Å². The van der Waals surface area contributed by atoms with Crippen molar-refractivity contribution in [2.75, 3.05) is 23.9 Å². The predicted molar refractivity (Wildman–Crippen MR) is 142 cm³/mol. The van der Waals surface area contributed by atoms with Gasteiger partial charge in [0.15, 0.2) is 0 Å². The van der Waals surface area contributed by atoms with Crippen LogP contribution >= 0.6 is 0 Å². The third-order valence-electron chi connectivity index (χ3n) is 5.95. The predicted octanol–water partition coefficient (Wildman–Crippen LogP) is 4.01. The molecule has 0 aromatic heterocycles. The van der Waals surface area contributed by atoms with Crippen molar-refractivity contribution >= 4 is 27.5 Å². The van der Waals surface area contributed by atoms with Gasteiger partial charge in [0.2, 0.25) is 11.8 Å². The van der Waals surface area contributed by atoms with Crippen LogP contribution in [0.2, 0.25) is 0 Å². The van der Waals surface area contributed by atoms with Crippen LogP contribution in [0.1, 0.15) is 25.8 Å². The Labute approximate surface area is 218 Å². The highest BCUT2D eigenvalue weighted by Gasteiger charge is 2.34. The average molecular weight is 526 g/mol. The maximum absolute atomic E-state index is 14.9. The van der Waals surface area contributed by atoms with Gasteiger partial charge in [-0.3, -0.25) is 13.9 Å². The molecule has 9 heteroatoms.